The fourth-order valence-electron chi connectivity index (χ4n) is 1.32. The van der Waals surface area contributed by atoms with Crippen LogP contribution >= 0.6 is 0 Å². The summed E-state index contributed by atoms with van der Waals surface area (Å²) in [5.41, 5.74) is -0.923. The molecule has 0 aliphatic carbocycles. The largest absolute Gasteiger partial charge is 0.233 e. The van der Waals surface area contributed by atoms with E-state index >= 15 is 0 Å². The van der Waals surface area contributed by atoms with Gasteiger partial charge in [0.1, 0.15) is 0 Å². The normalized spacial score (nSPS) is 15.4. The molecular weight excluding hydrogens is 256 g/mol. The molecule has 0 heterocycles. The summed E-state index contributed by atoms with van der Waals surface area (Å²) in [5, 5.41) is 0. The number of rotatable bonds is 8. The zero-order valence-electron chi connectivity index (χ0n) is 14.8. The lowest BCUT2D eigenvalue weighted by Gasteiger charge is -2.30. The van der Waals surface area contributed by atoms with Crippen molar-refractivity contribution < 1.29 is 19.6 Å². The molecule has 0 N–H and O–H groups in total. The average Bonchev–Trinajstić information content (AvgIpc) is 2.24. The molecule has 122 valence electrons. The summed E-state index contributed by atoms with van der Waals surface area (Å²) in [4.78, 5) is 21.8. The lowest BCUT2D eigenvalue weighted by Crippen LogP contribution is -2.32. The molecule has 1 unspecified atom stereocenters. The number of hydrogen-bond donors (Lipinski definition) is 0. The molecule has 0 aromatic carbocycles. The second-order valence-corrected chi connectivity index (χ2v) is 7.90. The van der Waals surface area contributed by atoms with Crippen molar-refractivity contribution in [2.75, 3.05) is 0 Å². The smallest absolute Gasteiger partial charge is 0.0981 e. The third-order valence-electron chi connectivity index (χ3n) is 2.48. The third-order valence-corrected chi connectivity index (χ3v) is 2.48. The Morgan fingerprint density at radius 3 is 1.65 bits per heavy atom. The monoisotopic (exact) mass is 290 g/mol. The van der Waals surface area contributed by atoms with Crippen molar-refractivity contribution >= 4 is 0 Å². The first-order chi connectivity index (χ1) is 8.85. The predicted molar refractivity (Wildman–Crippen MR) is 81.2 cm³/mol. The molecule has 0 aromatic heterocycles. The predicted octanol–water partition coefficient (Wildman–Crippen LogP) is 4.82. The molecule has 0 aliphatic rings. The van der Waals surface area contributed by atoms with Crippen molar-refractivity contribution in [3.63, 3.8) is 0 Å². The molecule has 0 rings (SSSR count). The lowest BCUT2D eigenvalue weighted by molar-refractivity contribution is -0.402. The standard InChI is InChI=1S/C16H34O4/c1-10-13(17-18-14(2,3)4)11-12-16(8,9)20-19-15(5,6)7/h13H,10-12H2,1-9H3. The van der Waals surface area contributed by atoms with Crippen LogP contribution in [-0.4, -0.2) is 22.9 Å². The van der Waals surface area contributed by atoms with Gasteiger partial charge in [0.15, 0.2) is 0 Å². The first-order valence-corrected chi connectivity index (χ1v) is 7.56. The Labute approximate surface area is 125 Å². The minimum absolute atomic E-state index is 0.0757. The van der Waals surface area contributed by atoms with Gasteiger partial charge in [-0.1, -0.05) is 6.92 Å². The molecule has 1 atom stereocenters. The molecule has 0 aromatic rings. The van der Waals surface area contributed by atoms with Crippen LogP contribution < -0.4 is 0 Å². The second kappa shape index (κ2) is 7.74. The van der Waals surface area contributed by atoms with E-state index in [-0.39, 0.29) is 22.9 Å². The van der Waals surface area contributed by atoms with Crippen LogP contribution in [0.4, 0.5) is 0 Å². The summed E-state index contributed by atoms with van der Waals surface area (Å²) in [6.45, 7) is 18.0. The van der Waals surface area contributed by atoms with E-state index in [9.17, 15) is 0 Å². The van der Waals surface area contributed by atoms with Gasteiger partial charge < -0.3 is 0 Å². The molecule has 0 aliphatic heterocycles. The molecule has 0 amide bonds. The van der Waals surface area contributed by atoms with E-state index in [4.69, 9.17) is 19.6 Å². The van der Waals surface area contributed by atoms with Crippen molar-refractivity contribution in [2.24, 2.45) is 0 Å². The molecular formula is C16H34O4. The van der Waals surface area contributed by atoms with Crippen molar-refractivity contribution in [3.05, 3.63) is 0 Å². The van der Waals surface area contributed by atoms with Gasteiger partial charge in [-0.2, -0.15) is 0 Å². The molecule has 0 bridgehead atoms. The first kappa shape index (κ1) is 19.8. The van der Waals surface area contributed by atoms with Gasteiger partial charge in [0.2, 0.25) is 0 Å². The highest BCUT2D eigenvalue weighted by Gasteiger charge is 2.26. The lowest BCUT2D eigenvalue weighted by atomic mass is 9.99. The molecule has 4 nitrogen and oxygen atoms in total. The molecule has 0 spiro atoms. The van der Waals surface area contributed by atoms with Crippen LogP contribution in [0.3, 0.4) is 0 Å². The Bertz CT molecular complexity index is 261. The fraction of sp³-hybridized carbons (Fsp3) is 1.00. The Hall–Kier alpha value is -0.160. The summed E-state index contributed by atoms with van der Waals surface area (Å²) in [7, 11) is 0. The van der Waals surface area contributed by atoms with E-state index in [0.29, 0.717) is 0 Å². The van der Waals surface area contributed by atoms with E-state index in [1.807, 2.05) is 55.4 Å². The van der Waals surface area contributed by atoms with Gasteiger partial charge in [0, 0.05) is 0 Å². The van der Waals surface area contributed by atoms with Gasteiger partial charge in [-0.3, -0.25) is 0 Å². The topological polar surface area (TPSA) is 36.9 Å². The SMILES string of the molecule is CCC(CCC(C)(C)OOC(C)(C)C)OOC(C)(C)C. The van der Waals surface area contributed by atoms with Gasteiger partial charge in [0.25, 0.3) is 0 Å². The Kier molecular flexibility index (Phi) is 7.67. The van der Waals surface area contributed by atoms with Crippen LogP contribution in [0.5, 0.6) is 0 Å². The van der Waals surface area contributed by atoms with Crippen LogP contribution in [0.25, 0.3) is 0 Å². The fourth-order valence-corrected chi connectivity index (χ4v) is 1.32. The minimum Gasteiger partial charge on any atom is -0.233 e. The van der Waals surface area contributed by atoms with Gasteiger partial charge in [-0.05, 0) is 74.7 Å². The van der Waals surface area contributed by atoms with Crippen molar-refractivity contribution in [3.8, 4) is 0 Å². The summed E-state index contributed by atoms with van der Waals surface area (Å²) in [5.74, 6) is 0. The summed E-state index contributed by atoms with van der Waals surface area (Å²) < 4.78 is 0. The van der Waals surface area contributed by atoms with E-state index in [0.717, 1.165) is 19.3 Å². The Balaban J connectivity index is 4.14. The van der Waals surface area contributed by atoms with Crippen molar-refractivity contribution in [2.45, 2.75) is 104 Å². The highest BCUT2D eigenvalue weighted by molar-refractivity contribution is 4.70. The zero-order chi connectivity index (χ0) is 16.0. The highest BCUT2D eigenvalue weighted by Crippen LogP contribution is 2.24. The zero-order valence-corrected chi connectivity index (χ0v) is 14.8. The van der Waals surface area contributed by atoms with Crippen LogP contribution in [0.2, 0.25) is 0 Å². The summed E-state index contributed by atoms with van der Waals surface area (Å²) in [6.07, 6.45) is 2.70. The van der Waals surface area contributed by atoms with Gasteiger partial charge in [-0.25, -0.2) is 19.6 Å². The van der Waals surface area contributed by atoms with E-state index in [1.54, 1.807) is 0 Å². The van der Waals surface area contributed by atoms with Crippen LogP contribution in [0.1, 0.15) is 81.6 Å². The number of hydrogen-bond acceptors (Lipinski definition) is 4. The molecule has 0 radical (unpaired) electrons. The van der Waals surface area contributed by atoms with E-state index in [1.165, 1.54) is 0 Å². The van der Waals surface area contributed by atoms with Crippen LogP contribution in [0, 0.1) is 0 Å². The minimum atomic E-state index is -0.341. The third kappa shape index (κ3) is 11.6. The van der Waals surface area contributed by atoms with Gasteiger partial charge in [0.05, 0.1) is 22.9 Å². The van der Waals surface area contributed by atoms with E-state index < -0.39 is 0 Å². The van der Waals surface area contributed by atoms with Crippen LogP contribution in [0.15, 0.2) is 0 Å². The van der Waals surface area contributed by atoms with Crippen molar-refractivity contribution in [1.29, 1.82) is 0 Å². The maximum atomic E-state index is 5.54. The van der Waals surface area contributed by atoms with Gasteiger partial charge in [-0.15, -0.1) is 0 Å². The van der Waals surface area contributed by atoms with Crippen molar-refractivity contribution in [1.82, 2.24) is 0 Å². The maximum absolute atomic E-state index is 5.54. The summed E-state index contributed by atoms with van der Waals surface area (Å²) in [6, 6.07) is 0. The first-order valence-electron chi connectivity index (χ1n) is 7.56. The Morgan fingerprint density at radius 1 is 0.750 bits per heavy atom. The molecule has 0 saturated heterocycles. The molecule has 20 heavy (non-hydrogen) atoms. The highest BCUT2D eigenvalue weighted by atomic mass is 17.2. The molecule has 0 fully saturated rings. The second-order valence-electron chi connectivity index (χ2n) is 7.90. The molecule has 4 heteroatoms. The van der Waals surface area contributed by atoms with Gasteiger partial charge >= 0.3 is 0 Å². The summed E-state index contributed by atoms with van der Waals surface area (Å²) >= 11 is 0. The maximum Gasteiger partial charge on any atom is 0.0981 e. The molecule has 0 saturated carbocycles. The quantitative estimate of drug-likeness (QED) is 0.474. The average molecular weight is 290 g/mol. The Morgan fingerprint density at radius 2 is 1.25 bits per heavy atom. The van der Waals surface area contributed by atoms with Crippen LogP contribution in [-0.2, 0) is 19.6 Å². The van der Waals surface area contributed by atoms with E-state index in [2.05, 4.69) is 6.92 Å².